The molecule has 25 heavy (non-hydrogen) atoms. The van der Waals surface area contributed by atoms with Gasteiger partial charge >= 0.3 is 0 Å². The van der Waals surface area contributed by atoms with E-state index in [9.17, 15) is 9.59 Å². The van der Waals surface area contributed by atoms with Crippen molar-refractivity contribution in [3.05, 3.63) is 12.2 Å². The SMILES string of the molecule is CCn1cnnc1C1CCN(C(=O)[C@H]2CC(=O)N(CC3CC3)C2)CC1. The summed E-state index contributed by atoms with van der Waals surface area (Å²) in [5, 5.41) is 8.29. The standard InChI is InChI=1S/C18H27N5O2/c1-2-21-12-19-20-17(21)14-5-7-22(8-6-14)18(25)15-9-16(24)23(11-15)10-13-3-4-13/h12-15H,2-11H2,1H3/t15-/m0/s1. The molecule has 7 nitrogen and oxygen atoms in total. The van der Waals surface area contributed by atoms with Crippen molar-refractivity contribution in [3.8, 4) is 0 Å². The third-order valence-electron chi connectivity index (χ3n) is 5.90. The van der Waals surface area contributed by atoms with Crippen LogP contribution in [0.3, 0.4) is 0 Å². The predicted octanol–water partition coefficient (Wildman–Crippen LogP) is 1.26. The summed E-state index contributed by atoms with van der Waals surface area (Å²) in [4.78, 5) is 28.8. The summed E-state index contributed by atoms with van der Waals surface area (Å²) in [5.74, 6) is 2.30. The molecule has 136 valence electrons. The van der Waals surface area contributed by atoms with Crippen LogP contribution in [0.15, 0.2) is 6.33 Å². The average Bonchev–Trinajstić information content (AvgIpc) is 3.19. The predicted molar refractivity (Wildman–Crippen MR) is 91.7 cm³/mol. The van der Waals surface area contributed by atoms with Crippen molar-refractivity contribution >= 4 is 11.8 Å². The summed E-state index contributed by atoms with van der Waals surface area (Å²) < 4.78 is 2.09. The number of nitrogens with zero attached hydrogens (tertiary/aromatic N) is 5. The van der Waals surface area contributed by atoms with E-state index in [2.05, 4.69) is 21.7 Å². The molecule has 1 atom stereocenters. The van der Waals surface area contributed by atoms with Crippen LogP contribution in [0.1, 0.15) is 50.8 Å². The monoisotopic (exact) mass is 345 g/mol. The number of hydrogen-bond acceptors (Lipinski definition) is 4. The van der Waals surface area contributed by atoms with Crippen LogP contribution in [0.4, 0.5) is 0 Å². The summed E-state index contributed by atoms with van der Waals surface area (Å²) in [6, 6.07) is 0. The Morgan fingerprint density at radius 1 is 1.24 bits per heavy atom. The van der Waals surface area contributed by atoms with Crippen LogP contribution in [0, 0.1) is 11.8 Å². The van der Waals surface area contributed by atoms with Gasteiger partial charge in [-0.3, -0.25) is 9.59 Å². The molecule has 0 spiro atoms. The molecule has 0 unspecified atom stereocenters. The van der Waals surface area contributed by atoms with Crippen molar-refractivity contribution in [3.63, 3.8) is 0 Å². The highest BCUT2D eigenvalue weighted by atomic mass is 16.2. The summed E-state index contributed by atoms with van der Waals surface area (Å²) in [7, 11) is 0. The zero-order chi connectivity index (χ0) is 17.4. The molecule has 1 saturated carbocycles. The fourth-order valence-electron chi connectivity index (χ4n) is 4.17. The van der Waals surface area contributed by atoms with Gasteiger partial charge in [-0.25, -0.2) is 0 Å². The number of piperidine rings is 1. The molecular formula is C18H27N5O2. The second-order valence-electron chi connectivity index (χ2n) is 7.72. The van der Waals surface area contributed by atoms with Crippen LogP contribution in [-0.4, -0.2) is 62.6 Å². The van der Waals surface area contributed by atoms with Crippen LogP contribution in [-0.2, 0) is 16.1 Å². The van der Waals surface area contributed by atoms with Gasteiger partial charge in [0.2, 0.25) is 11.8 Å². The van der Waals surface area contributed by atoms with Crippen molar-refractivity contribution in [2.75, 3.05) is 26.2 Å². The molecule has 1 aliphatic carbocycles. The average molecular weight is 345 g/mol. The van der Waals surface area contributed by atoms with Gasteiger partial charge in [0, 0.05) is 45.1 Å². The fourth-order valence-corrected chi connectivity index (χ4v) is 4.17. The molecule has 3 heterocycles. The minimum atomic E-state index is -0.137. The first-order valence-electron chi connectivity index (χ1n) is 9.60. The van der Waals surface area contributed by atoms with E-state index < -0.39 is 0 Å². The molecule has 3 aliphatic rings. The van der Waals surface area contributed by atoms with E-state index in [1.165, 1.54) is 12.8 Å². The Labute approximate surface area is 148 Å². The lowest BCUT2D eigenvalue weighted by Gasteiger charge is -2.33. The van der Waals surface area contributed by atoms with Crippen LogP contribution in [0.25, 0.3) is 0 Å². The number of aromatic nitrogens is 3. The van der Waals surface area contributed by atoms with Crippen molar-refractivity contribution in [2.24, 2.45) is 11.8 Å². The van der Waals surface area contributed by atoms with E-state index in [0.717, 1.165) is 44.8 Å². The molecule has 7 heteroatoms. The van der Waals surface area contributed by atoms with E-state index in [0.29, 0.717) is 24.8 Å². The Balaban J connectivity index is 1.31. The first kappa shape index (κ1) is 16.5. The van der Waals surface area contributed by atoms with Crippen LogP contribution < -0.4 is 0 Å². The highest BCUT2D eigenvalue weighted by Gasteiger charge is 2.39. The van der Waals surface area contributed by atoms with Gasteiger partial charge in [0.1, 0.15) is 12.2 Å². The Morgan fingerprint density at radius 3 is 2.68 bits per heavy atom. The first-order chi connectivity index (χ1) is 12.2. The Morgan fingerprint density at radius 2 is 2.00 bits per heavy atom. The van der Waals surface area contributed by atoms with E-state index in [-0.39, 0.29) is 17.7 Å². The lowest BCUT2D eigenvalue weighted by atomic mass is 9.94. The lowest BCUT2D eigenvalue weighted by molar-refractivity contribution is -0.136. The molecule has 2 saturated heterocycles. The van der Waals surface area contributed by atoms with Gasteiger partial charge in [-0.05, 0) is 38.5 Å². The number of aryl methyl sites for hydroxylation is 1. The minimum absolute atomic E-state index is 0.137. The molecule has 3 fully saturated rings. The second kappa shape index (κ2) is 6.77. The van der Waals surface area contributed by atoms with Crippen LogP contribution in [0.2, 0.25) is 0 Å². The highest BCUT2D eigenvalue weighted by Crippen LogP contribution is 2.33. The third-order valence-corrected chi connectivity index (χ3v) is 5.90. The fraction of sp³-hybridized carbons (Fsp3) is 0.778. The van der Waals surface area contributed by atoms with E-state index in [1.807, 2.05) is 9.80 Å². The van der Waals surface area contributed by atoms with Gasteiger partial charge in [-0.15, -0.1) is 10.2 Å². The minimum Gasteiger partial charge on any atom is -0.342 e. The van der Waals surface area contributed by atoms with E-state index in [4.69, 9.17) is 0 Å². The molecule has 0 aromatic carbocycles. The van der Waals surface area contributed by atoms with Gasteiger partial charge in [0.15, 0.2) is 0 Å². The van der Waals surface area contributed by atoms with Crippen LogP contribution in [0.5, 0.6) is 0 Å². The highest BCUT2D eigenvalue weighted by molar-refractivity contribution is 5.89. The molecule has 1 aromatic rings. The second-order valence-corrected chi connectivity index (χ2v) is 7.72. The smallest absolute Gasteiger partial charge is 0.227 e. The quantitative estimate of drug-likeness (QED) is 0.805. The molecular weight excluding hydrogens is 318 g/mol. The number of amides is 2. The Hall–Kier alpha value is -1.92. The molecule has 4 rings (SSSR count). The number of carbonyl (C=O) groups excluding carboxylic acids is 2. The van der Waals surface area contributed by atoms with E-state index >= 15 is 0 Å². The van der Waals surface area contributed by atoms with Gasteiger partial charge in [0.05, 0.1) is 5.92 Å². The third kappa shape index (κ3) is 3.41. The van der Waals surface area contributed by atoms with Crippen molar-refractivity contribution in [2.45, 2.75) is 51.5 Å². The topological polar surface area (TPSA) is 71.3 Å². The van der Waals surface area contributed by atoms with Gasteiger partial charge < -0.3 is 14.4 Å². The maximum atomic E-state index is 12.8. The maximum Gasteiger partial charge on any atom is 0.227 e. The maximum absolute atomic E-state index is 12.8. The summed E-state index contributed by atoms with van der Waals surface area (Å²) >= 11 is 0. The zero-order valence-corrected chi connectivity index (χ0v) is 14.9. The largest absolute Gasteiger partial charge is 0.342 e. The summed E-state index contributed by atoms with van der Waals surface area (Å²) in [6.07, 6.45) is 6.51. The Bertz CT molecular complexity index is 646. The normalized spacial score (nSPS) is 25.0. The van der Waals surface area contributed by atoms with Gasteiger partial charge in [0.25, 0.3) is 0 Å². The number of hydrogen-bond donors (Lipinski definition) is 0. The molecule has 0 bridgehead atoms. The summed E-state index contributed by atoms with van der Waals surface area (Å²) in [5.41, 5.74) is 0. The first-order valence-corrected chi connectivity index (χ1v) is 9.60. The summed E-state index contributed by atoms with van der Waals surface area (Å²) in [6.45, 7) is 5.97. The molecule has 0 N–H and O–H groups in total. The lowest BCUT2D eigenvalue weighted by Crippen LogP contribution is -2.42. The number of likely N-dealkylation sites (tertiary alicyclic amines) is 2. The number of carbonyl (C=O) groups is 2. The van der Waals surface area contributed by atoms with Gasteiger partial charge in [-0.2, -0.15) is 0 Å². The molecule has 0 radical (unpaired) electrons. The van der Waals surface area contributed by atoms with Crippen molar-refractivity contribution in [1.29, 1.82) is 0 Å². The van der Waals surface area contributed by atoms with Crippen LogP contribution >= 0.6 is 0 Å². The molecule has 1 aromatic heterocycles. The Kier molecular flexibility index (Phi) is 4.48. The molecule has 2 amide bonds. The van der Waals surface area contributed by atoms with E-state index in [1.54, 1.807) is 6.33 Å². The van der Waals surface area contributed by atoms with Crippen molar-refractivity contribution in [1.82, 2.24) is 24.6 Å². The zero-order valence-electron chi connectivity index (χ0n) is 14.9. The number of rotatable bonds is 5. The van der Waals surface area contributed by atoms with Crippen molar-refractivity contribution < 1.29 is 9.59 Å². The molecule has 2 aliphatic heterocycles. The van der Waals surface area contributed by atoms with Gasteiger partial charge in [-0.1, -0.05) is 0 Å².